The zero-order valence-electron chi connectivity index (χ0n) is 28.2. The van der Waals surface area contributed by atoms with Crippen LogP contribution in [0.15, 0.2) is 158 Å². The van der Waals surface area contributed by atoms with Gasteiger partial charge in [0.15, 0.2) is 11.5 Å². The molecule has 1 N–H and O–H groups in total. The summed E-state index contributed by atoms with van der Waals surface area (Å²) < 4.78 is 2.03. The molecule has 0 spiro atoms. The SMILES string of the molecule is C[Si](C)(C)c1cnc(-c2cc(-c3ccccc3)cc(-c3ccnc4c3nc(-c3ccccc3O)n4-c3ccccc3)c2)cc1-c1ccccc1. The fourth-order valence-electron chi connectivity index (χ4n) is 6.67. The molecular formula is C44H36N4OSi. The second-order valence-electron chi connectivity index (χ2n) is 13.6. The van der Waals surface area contributed by atoms with E-state index >= 15 is 0 Å². The molecule has 8 rings (SSSR count). The Bertz CT molecular complexity index is 2470. The van der Waals surface area contributed by atoms with Crippen LogP contribution < -0.4 is 5.19 Å². The van der Waals surface area contributed by atoms with Crippen molar-refractivity contribution in [3.63, 3.8) is 0 Å². The summed E-state index contributed by atoms with van der Waals surface area (Å²) in [4.78, 5) is 15.2. The van der Waals surface area contributed by atoms with Gasteiger partial charge in [0.2, 0.25) is 0 Å². The Hall–Kier alpha value is -6.11. The lowest BCUT2D eigenvalue weighted by molar-refractivity contribution is 0.477. The van der Waals surface area contributed by atoms with Crippen molar-refractivity contribution < 1.29 is 5.11 Å². The molecule has 242 valence electrons. The summed E-state index contributed by atoms with van der Waals surface area (Å²) in [5.74, 6) is 0.789. The van der Waals surface area contributed by atoms with Crippen molar-refractivity contribution in [2.75, 3.05) is 0 Å². The van der Waals surface area contributed by atoms with E-state index in [0.29, 0.717) is 17.0 Å². The number of phenols is 1. The van der Waals surface area contributed by atoms with E-state index in [-0.39, 0.29) is 5.75 Å². The number of pyridine rings is 2. The van der Waals surface area contributed by atoms with Crippen molar-refractivity contribution in [3.05, 3.63) is 158 Å². The van der Waals surface area contributed by atoms with Crippen molar-refractivity contribution in [1.82, 2.24) is 19.5 Å². The molecule has 0 saturated heterocycles. The Morgan fingerprint density at radius 1 is 0.540 bits per heavy atom. The highest BCUT2D eigenvalue weighted by molar-refractivity contribution is 6.89. The number of hydrogen-bond acceptors (Lipinski definition) is 4. The topological polar surface area (TPSA) is 63.8 Å². The summed E-state index contributed by atoms with van der Waals surface area (Å²) in [5, 5.41) is 12.3. The van der Waals surface area contributed by atoms with E-state index in [9.17, 15) is 5.11 Å². The van der Waals surface area contributed by atoms with Crippen molar-refractivity contribution >= 4 is 24.4 Å². The summed E-state index contributed by atoms with van der Waals surface area (Å²) in [7, 11) is -1.70. The third kappa shape index (κ3) is 5.80. The van der Waals surface area contributed by atoms with Crippen LogP contribution >= 0.6 is 0 Å². The van der Waals surface area contributed by atoms with Crippen LogP contribution in [0.5, 0.6) is 5.75 Å². The first-order chi connectivity index (χ1) is 24.3. The molecule has 3 heterocycles. The average Bonchev–Trinajstić information content (AvgIpc) is 3.55. The Morgan fingerprint density at radius 3 is 1.86 bits per heavy atom. The van der Waals surface area contributed by atoms with Crippen LogP contribution in [0.1, 0.15) is 0 Å². The van der Waals surface area contributed by atoms with Crippen molar-refractivity contribution in [3.8, 4) is 67.5 Å². The van der Waals surface area contributed by atoms with Crippen LogP contribution in [0.25, 0.3) is 72.9 Å². The first-order valence-electron chi connectivity index (χ1n) is 16.8. The number of nitrogens with zero attached hydrogens (tertiary/aromatic N) is 4. The summed E-state index contributed by atoms with van der Waals surface area (Å²) >= 11 is 0. The predicted molar refractivity (Wildman–Crippen MR) is 208 cm³/mol. The van der Waals surface area contributed by atoms with Gasteiger partial charge in [0, 0.05) is 29.2 Å². The zero-order valence-corrected chi connectivity index (χ0v) is 29.2. The first kappa shape index (κ1) is 31.2. The molecule has 0 aliphatic heterocycles. The lowest BCUT2D eigenvalue weighted by Crippen LogP contribution is -2.39. The van der Waals surface area contributed by atoms with E-state index in [0.717, 1.165) is 44.7 Å². The van der Waals surface area contributed by atoms with E-state index in [4.69, 9.17) is 15.0 Å². The molecule has 0 saturated carbocycles. The van der Waals surface area contributed by atoms with Crippen molar-refractivity contribution in [2.24, 2.45) is 0 Å². The highest BCUT2D eigenvalue weighted by Crippen LogP contribution is 2.39. The molecule has 0 aliphatic carbocycles. The van der Waals surface area contributed by atoms with Crippen LogP contribution in [0.4, 0.5) is 0 Å². The molecule has 0 aliphatic rings. The monoisotopic (exact) mass is 664 g/mol. The van der Waals surface area contributed by atoms with Crippen LogP contribution in [0.3, 0.4) is 0 Å². The molecule has 8 aromatic rings. The number of para-hydroxylation sites is 2. The normalized spacial score (nSPS) is 11.6. The van der Waals surface area contributed by atoms with Gasteiger partial charge in [-0.3, -0.25) is 9.55 Å². The van der Waals surface area contributed by atoms with Gasteiger partial charge in [-0.05, 0) is 87.6 Å². The van der Waals surface area contributed by atoms with Gasteiger partial charge in [-0.15, -0.1) is 0 Å². The lowest BCUT2D eigenvalue weighted by Gasteiger charge is -2.22. The first-order valence-corrected chi connectivity index (χ1v) is 20.3. The Kier molecular flexibility index (Phi) is 7.94. The number of phenolic OH excluding ortho intramolecular Hbond substituents is 1. The summed E-state index contributed by atoms with van der Waals surface area (Å²) in [6.45, 7) is 7.12. The number of fused-ring (bicyclic) bond motifs is 1. The van der Waals surface area contributed by atoms with E-state index in [2.05, 4.69) is 105 Å². The van der Waals surface area contributed by atoms with Gasteiger partial charge in [-0.2, -0.15) is 0 Å². The number of aromatic nitrogens is 4. The molecule has 6 heteroatoms. The van der Waals surface area contributed by atoms with Crippen LogP contribution in [-0.2, 0) is 0 Å². The molecule has 0 radical (unpaired) electrons. The Balaban J connectivity index is 1.38. The predicted octanol–water partition coefficient (Wildman–Crippen LogP) is 10.4. The average molecular weight is 665 g/mol. The van der Waals surface area contributed by atoms with E-state index in [1.807, 2.05) is 71.4 Å². The third-order valence-corrected chi connectivity index (χ3v) is 11.2. The van der Waals surface area contributed by atoms with E-state index in [1.54, 1.807) is 6.07 Å². The number of benzene rings is 5. The summed E-state index contributed by atoms with van der Waals surface area (Å²) in [6, 6.07) is 49.5. The van der Waals surface area contributed by atoms with Crippen LogP contribution in [0.2, 0.25) is 19.6 Å². The van der Waals surface area contributed by atoms with Gasteiger partial charge in [0.25, 0.3) is 0 Å². The quantitative estimate of drug-likeness (QED) is 0.172. The molecule has 5 nitrogen and oxygen atoms in total. The fraction of sp³-hybridized carbons (Fsp3) is 0.0682. The summed E-state index contributed by atoms with van der Waals surface area (Å²) in [5.41, 5.74) is 11.5. The van der Waals surface area contributed by atoms with Crippen LogP contribution in [-0.4, -0.2) is 32.7 Å². The number of imidazole rings is 1. The number of aromatic hydroxyl groups is 1. The molecular weight excluding hydrogens is 629 g/mol. The Morgan fingerprint density at radius 2 is 1.16 bits per heavy atom. The maximum Gasteiger partial charge on any atom is 0.165 e. The maximum absolute atomic E-state index is 11.0. The lowest BCUT2D eigenvalue weighted by atomic mass is 9.94. The maximum atomic E-state index is 11.0. The van der Waals surface area contributed by atoms with Gasteiger partial charge < -0.3 is 5.11 Å². The Labute approximate surface area is 293 Å². The molecule has 0 fully saturated rings. The van der Waals surface area contributed by atoms with Gasteiger partial charge >= 0.3 is 0 Å². The van der Waals surface area contributed by atoms with E-state index in [1.165, 1.54) is 16.3 Å². The molecule has 0 bridgehead atoms. The molecule has 0 unspecified atom stereocenters. The summed E-state index contributed by atoms with van der Waals surface area (Å²) in [6.07, 6.45) is 3.94. The van der Waals surface area contributed by atoms with Gasteiger partial charge in [0.05, 0.1) is 19.3 Å². The van der Waals surface area contributed by atoms with Gasteiger partial charge in [-0.25, -0.2) is 9.97 Å². The van der Waals surface area contributed by atoms with Gasteiger partial charge in [0.1, 0.15) is 11.3 Å². The highest BCUT2D eigenvalue weighted by Gasteiger charge is 2.24. The number of rotatable bonds is 7. The minimum atomic E-state index is -1.70. The molecule has 50 heavy (non-hydrogen) atoms. The molecule has 0 amide bonds. The molecule has 5 aromatic carbocycles. The third-order valence-electron chi connectivity index (χ3n) is 9.15. The standard InChI is InChI=1S/C44H36N4OSi/c1-50(2,3)41-29-46-39(28-38(41)31-17-9-5-10-18-31)34-26-32(30-15-7-4-8-16-30)25-33(27-34)36-23-24-45-44-42(36)47-43(37-21-13-14-22-40(37)49)48(44)35-19-11-6-12-20-35/h4-29,49H,1-3H3. The smallest absolute Gasteiger partial charge is 0.165 e. The minimum Gasteiger partial charge on any atom is -0.507 e. The fourth-order valence-corrected chi connectivity index (χ4v) is 8.14. The molecule has 0 atom stereocenters. The number of hydrogen-bond donors (Lipinski definition) is 1. The zero-order chi connectivity index (χ0) is 34.2. The minimum absolute atomic E-state index is 0.164. The second kappa shape index (κ2) is 12.7. The molecule has 3 aromatic heterocycles. The largest absolute Gasteiger partial charge is 0.507 e. The van der Waals surface area contributed by atoms with Gasteiger partial charge in [-0.1, -0.05) is 111 Å². The van der Waals surface area contributed by atoms with Crippen molar-refractivity contribution in [2.45, 2.75) is 19.6 Å². The second-order valence-corrected chi connectivity index (χ2v) is 18.6. The van der Waals surface area contributed by atoms with Crippen molar-refractivity contribution in [1.29, 1.82) is 0 Å². The van der Waals surface area contributed by atoms with E-state index < -0.39 is 8.07 Å². The van der Waals surface area contributed by atoms with Crippen LogP contribution in [0, 0.1) is 0 Å². The highest BCUT2D eigenvalue weighted by atomic mass is 28.3.